The third-order valence-electron chi connectivity index (χ3n) is 13.7. The maximum Gasteiger partial charge on any atom is 0.322 e. The van der Waals surface area contributed by atoms with Gasteiger partial charge >= 0.3 is 17.9 Å². The molecule has 0 radical (unpaired) electrons. The van der Waals surface area contributed by atoms with E-state index in [-0.39, 0.29) is 55.2 Å². The first kappa shape index (κ1) is 70.1. The highest BCUT2D eigenvalue weighted by atomic mass is 32.2. The van der Waals surface area contributed by atoms with E-state index in [1.165, 1.54) is 185 Å². The molecule has 0 aliphatic heterocycles. The number of nitrogens with one attached hydrogen (secondary N) is 3. The highest BCUT2D eigenvalue weighted by molar-refractivity contribution is 7.99. The fraction of sp³-hybridized carbons (Fsp3) is 0.898. The lowest BCUT2D eigenvalue weighted by molar-refractivity contribution is -0.157. The highest BCUT2D eigenvalue weighted by Gasteiger charge is 2.28. The van der Waals surface area contributed by atoms with E-state index in [0.717, 1.165) is 64.2 Å². The summed E-state index contributed by atoms with van der Waals surface area (Å²) in [4.78, 5) is 76.5. The number of rotatable bonds is 56. The Labute approximate surface area is 449 Å². The maximum absolute atomic E-state index is 13.6. The van der Waals surface area contributed by atoms with E-state index in [4.69, 9.17) is 14.6 Å². The van der Waals surface area contributed by atoms with Gasteiger partial charge in [0.2, 0.25) is 17.7 Å². The Kier molecular flexibility index (Phi) is 51.8. The Morgan fingerprint density at radius 2 is 0.781 bits per heavy atom. The molecule has 0 aromatic rings. The van der Waals surface area contributed by atoms with E-state index < -0.39 is 49.1 Å². The lowest BCUT2D eigenvalue weighted by atomic mass is 10.0. The average molecular weight is 1050 g/mol. The van der Waals surface area contributed by atoms with Gasteiger partial charge in [-0.05, 0) is 19.3 Å². The van der Waals surface area contributed by atoms with Crippen molar-refractivity contribution in [3.05, 3.63) is 0 Å². The van der Waals surface area contributed by atoms with Crippen molar-refractivity contribution in [2.45, 2.75) is 309 Å². The van der Waals surface area contributed by atoms with E-state index >= 15 is 0 Å². The van der Waals surface area contributed by atoms with Gasteiger partial charge in [0.1, 0.15) is 31.3 Å². The molecule has 73 heavy (non-hydrogen) atoms. The first-order valence-corrected chi connectivity index (χ1v) is 31.4. The third-order valence-corrected chi connectivity index (χ3v) is 14.9. The van der Waals surface area contributed by atoms with Gasteiger partial charge in [-0.3, -0.25) is 28.8 Å². The number of carboxylic acids is 1. The Morgan fingerprint density at radius 3 is 1.15 bits per heavy atom. The van der Waals surface area contributed by atoms with Gasteiger partial charge in [-0.15, -0.1) is 0 Å². The van der Waals surface area contributed by atoms with E-state index in [9.17, 15) is 33.9 Å². The number of carbonyl (C=O) groups excluding carboxylic acids is 5. The van der Waals surface area contributed by atoms with Gasteiger partial charge in [0, 0.05) is 30.8 Å². The number of aliphatic hydroxyl groups is 1. The van der Waals surface area contributed by atoms with Gasteiger partial charge < -0.3 is 35.6 Å². The number of aliphatic carboxylic acids is 1. The molecule has 3 amide bonds. The molecule has 0 fully saturated rings. The molecule has 1 unspecified atom stereocenters. The topological polar surface area (TPSA) is 197 Å². The fourth-order valence-electron chi connectivity index (χ4n) is 9.02. The van der Waals surface area contributed by atoms with Crippen molar-refractivity contribution in [3.63, 3.8) is 0 Å². The number of amides is 3. The van der Waals surface area contributed by atoms with Crippen LogP contribution in [0.25, 0.3) is 0 Å². The summed E-state index contributed by atoms with van der Waals surface area (Å²) in [6.45, 7) is 5.11. The number of hydrogen-bond acceptors (Lipinski definition) is 10. The van der Waals surface area contributed by atoms with Crippen molar-refractivity contribution in [2.24, 2.45) is 0 Å². The number of ether oxygens (including phenoxy) is 2. The number of unbranched alkanes of at least 4 members (excludes halogenated alkanes) is 36. The SMILES string of the molecule is CCCCCCCCCCCCCCCC(=O)N[C@@H](CSCC(COC(=O)CCCCCCCCCCCCCCC)OC(=O)CCCCCCCCCCCCCCC)C(=O)N[C@@H](CO)C(=O)NCC(=O)O. The van der Waals surface area contributed by atoms with Gasteiger partial charge in [0.05, 0.1) is 6.61 Å². The minimum absolute atomic E-state index is 0.0326. The molecule has 13 nitrogen and oxygen atoms in total. The quantitative estimate of drug-likeness (QED) is 0.0287. The molecule has 0 aromatic heterocycles. The maximum atomic E-state index is 13.6. The molecule has 5 N–H and O–H groups in total. The van der Waals surface area contributed by atoms with Crippen LogP contribution in [0.5, 0.6) is 0 Å². The van der Waals surface area contributed by atoms with E-state index in [1.807, 2.05) is 0 Å². The molecule has 0 spiro atoms. The first-order chi connectivity index (χ1) is 35.6. The minimum Gasteiger partial charge on any atom is -0.480 e. The number of hydrogen-bond donors (Lipinski definition) is 5. The Bertz CT molecular complexity index is 1340. The Balaban J connectivity index is 5.33. The summed E-state index contributed by atoms with van der Waals surface area (Å²) in [6, 6.07) is -2.56. The number of carboxylic acid groups (broad SMARTS) is 1. The molecule has 0 rings (SSSR count). The van der Waals surface area contributed by atoms with Crippen molar-refractivity contribution < 1.29 is 48.5 Å². The molecule has 0 bridgehead atoms. The van der Waals surface area contributed by atoms with Crippen LogP contribution in [-0.2, 0) is 38.2 Å². The van der Waals surface area contributed by atoms with Crippen LogP contribution in [0, 0.1) is 0 Å². The Hall–Kier alpha value is -2.87. The zero-order valence-electron chi connectivity index (χ0n) is 47.0. The van der Waals surface area contributed by atoms with Crippen LogP contribution in [0.1, 0.15) is 290 Å². The molecular weight excluding hydrogens is 943 g/mol. The highest BCUT2D eigenvalue weighted by Crippen LogP contribution is 2.18. The van der Waals surface area contributed by atoms with Crippen LogP contribution in [0.4, 0.5) is 0 Å². The van der Waals surface area contributed by atoms with Crippen LogP contribution in [-0.4, -0.2) is 95.3 Å². The second-order valence-electron chi connectivity index (χ2n) is 20.8. The van der Waals surface area contributed by atoms with Crippen LogP contribution in [0.2, 0.25) is 0 Å². The van der Waals surface area contributed by atoms with Crippen LogP contribution in [0.15, 0.2) is 0 Å². The lowest BCUT2D eigenvalue weighted by Crippen LogP contribution is -2.56. The molecule has 428 valence electrons. The normalized spacial score (nSPS) is 12.5. The van der Waals surface area contributed by atoms with Crippen molar-refractivity contribution in [3.8, 4) is 0 Å². The zero-order valence-corrected chi connectivity index (χ0v) is 47.9. The molecule has 0 aliphatic rings. The second-order valence-corrected chi connectivity index (χ2v) is 21.9. The van der Waals surface area contributed by atoms with Gasteiger partial charge in [-0.1, -0.05) is 252 Å². The summed E-state index contributed by atoms with van der Waals surface area (Å²) >= 11 is 1.24. The van der Waals surface area contributed by atoms with Crippen molar-refractivity contribution in [1.29, 1.82) is 0 Å². The number of carbonyl (C=O) groups is 6. The molecule has 0 heterocycles. The lowest BCUT2D eigenvalue weighted by Gasteiger charge is -2.23. The third kappa shape index (κ3) is 48.5. The zero-order chi connectivity index (χ0) is 53.7. The van der Waals surface area contributed by atoms with E-state index in [2.05, 4.69) is 36.7 Å². The van der Waals surface area contributed by atoms with Crippen molar-refractivity contribution in [2.75, 3.05) is 31.3 Å². The standard InChI is InChI=1S/C59H111N3O10S/c1-4-7-10-13-16-19-22-25-28-31-34-37-40-43-54(64)61-53(59(70)62-52(47-63)58(69)60-46-55(65)66)50-73-49-51(72-57(68)45-42-39-36-33-30-27-24-21-18-15-12-9-6-3)48-71-56(67)44-41-38-35-32-29-26-23-20-17-14-11-8-5-2/h51-53,63H,4-50H2,1-3H3,(H,60,69)(H,61,64)(H,62,70)(H,65,66)/t51?,52-,53-/m0/s1. The predicted octanol–water partition coefficient (Wildman–Crippen LogP) is 13.8. The number of aliphatic hydroxyl groups excluding tert-OH is 1. The molecule has 3 atom stereocenters. The average Bonchev–Trinajstić information content (AvgIpc) is 3.37. The summed E-state index contributed by atoms with van der Waals surface area (Å²) < 4.78 is 11.5. The number of esters is 2. The van der Waals surface area contributed by atoms with E-state index in [1.54, 1.807) is 0 Å². The van der Waals surface area contributed by atoms with Crippen LogP contribution < -0.4 is 16.0 Å². The molecular formula is C59H111N3O10S. The van der Waals surface area contributed by atoms with Crippen molar-refractivity contribution in [1.82, 2.24) is 16.0 Å². The van der Waals surface area contributed by atoms with Crippen molar-refractivity contribution >= 4 is 47.4 Å². The van der Waals surface area contributed by atoms with Crippen LogP contribution in [0.3, 0.4) is 0 Å². The molecule has 14 heteroatoms. The summed E-state index contributed by atoms with van der Waals surface area (Å²) in [7, 11) is 0. The van der Waals surface area contributed by atoms with Gasteiger partial charge in [-0.2, -0.15) is 11.8 Å². The summed E-state index contributed by atoms with van der Waals surface area (Å²) in [6.07, 6.45) is 46.4. The molecule has 0 saturated heterocycles. The first-order valence-electron chi connectivity index (χ1n) is 30.2. The molecule has 0 saturated carbocycles. The summed E-state index contributed by atoms with van der Waals surface area (Å²) in [5.74, 6) is -3.73. The monoisotopic (exact) mass is 1050 g/mol. The van der Waals surface area contributed by atoms with Crippen LogP contribution >= 0.6 is 11.8 Å². The smallest absolute Gasteiger partial charge is 0.322 e. The largest absolute Gasteiger partial charge is 0.480 e. The molecule has 0 aliphatic carbocycles. The summed E-state index contributed by atoms with van der Waals surface area (Å²) in [5, 5.41) is 26.4. The second kappa shape index (κ2) is 53.9. The minimum atomic E-state index is -1.44. The fourth-order valence-corrected chi connectivity index (χ4v) is 10.0. The number of thioether (sulfide) groups is 1. The summed E-state index contributed by atoms with van der Waals surface area (Å²) in [5.41, 5.74) is 0. The van der Waals surface area contributed by atoms with Gasteiger partial charge in [0.25, 0.3) is 0 Å². The van der Waals surface area contributed by atoms with Gasteiger partial charge in [-0.25, -0.2) is 0 Å². The van der Waals surface area contributed by atoms with Gasteiger partial charge in [0.15, 0.2) is 0 Å². The molecule has 0 aromatic carbocycles. The Morgan fingerprint density at radius 1 is 0.425 bits per heavy atom. The predicted molar refractivity (Wildman–Crippen MR) is 301 cm³/mol. The van der Waals surface area contributed by atoms with E-state index in [0.29, 0.717) is 12.8 Å².